The molecule has 14 heavy (non-hydrogen) atoms. The number of aryl methyl sites for hydroxylation is 2. The Morgan fingerprint density at radius 3 is 2.29 bits per heavy atom. The average molecular weight is 393 g/mol. The van der Waals surface area contributed by atoms with Gasteiger partial charge in [0.05, 0.1) is 0 Å². The second-order valence-electron chi connectivity index (χ2n) is 3.40. The van der Waals surface area contributed by atoms with Gasteiger partial charge in [0.2, 0.25) is 0 Å². The molecule has 1 aromatic rings. The second kappa shape index (κ2) is 5.48. The van der Waals surface area contributed by atoms with Crippen LogP contribution in [-0.2, 0) is 24.4 Å². The van der Waals surface area contributed by atoms with Crippen LogP contribution in [0.5, 0.6) is 0 Å². The first-order valence-electron chi connectivity index (χ1n) is 4.19. The van der Waals surface area contributed by atoms with Gasteiger partial charge in [-0.3, -0.25) is 0 Å². The predicted octanol–water partition coefficient (Wildman–Crippen LogP) is -3.07. The molecule has 0 N–H and O–H groups in total. The van der Waals surface area contributed by atoms with Gasteiger partial charge in [0.15, 0.2) is 0 Å². The minimum absolute atomic E-state index is 0. The van der Waals surface area contributed by atoms with E-state index in [9.17, 15) is 0 Å². The number of benzene rings is 1. The van der Waals surface area contributed by atoms with Crippen molar-refractivity contribution in [2.45, 2.75) is 17.5 Å². The summed E-state index contributed by atoms with van der Waals surface area (Å²) in [6, 6.07) is 4.65. The van der Waals surface area contributed by atoms with Gasteiger partial charge in [-0.05, 0) is 0 Å². The minimum Gasteiger partial charge on any atom is -1.00 e. The summed E-state index contributed by atoms with van der Waals surface area (Å²) in [5.74, 6) is 0. The third-order valence-electron chi connectivity index (χ3n) is 2.50. The molecule has 0 radical (unpaired) electrons. The van der Waals surface area contributed by atoms with Crippen molar-refractivity contribution in [3.63, 3.8) is 0 Å². The number of rotatable bonds is 0. The Bertz CT molecular complexity index is 359. The van der Waals surface area contributed by atoms with E-state index in [-0.39, 0.29) is 24.8 Å². The SMILES string of the molecule is Cc1cc2c(cc1C)[CH]([Hf+2])C=C2.[Cl-].[Cl-]. The van der Waals surface area contributed by atoms with Gasteiger partial charge in [0, 0.05) is 0 Å². The van der Waals surface area contributed by atoms with Crippen LogP contribution in [0.25, 0.3) is 6.08 Å². The van der Waals surface area contributed by atoms with E-state index in [0.29, 0.717) is 0 Å². The summed E-state index contributed by atoms with van der Waals surface area (Å²) in [4.78, 5) is 0. The maximum atomic E-state index is 2.35. The summed E-state index contributed by atoms with van der Waals surface area (Å²) in [6.45, 7) is 4.38. The van der Waals surface area contributed by atoms with Gasteiger partial charge in [0.1, 0.15) is 0 Å². The monoisotopic (exact) mass is 393 g/mol. The first kappa shape index (κ1) is 14.4. The van der Waals surface area contributed by atoms with Gasteiger partial charge in [-0.1, -0.05) is 0 Å². The topological polar surface area (TPSA) is 0 Å². The van der Waals surface area contributed by atoms with Crippen molar-refractivity contribution in [1.29, 1.82) is 0 Å². The van der Waals surface area contributed by atoms with Crippen molar-refractivity contribution in [3.8, 4) is 0 Å². The van der Waals surface area contributed by atoms with Crippen molar-refractivity contribution in [3.05, 3.63) is 40.5 Å². The van der Waals surface area contributed by atoms with Crippen LogP contribution in [0, 0.1) is 13.8 Å². The van der Waals surface area contributed by atoms with Gasteiger partial charge in [-0.15, -0.1) is 0 Å². The van der Waals surface area contributed by atoms with Gasteiger partial charge >= 0.3 is 88.4 Å². The molecule has 0 fully saturated rings. The van der Waals surface area contributed by atoms with E-state index in [2.05, 4.69) is 38.1 Å². The van der Waals surface area contributed by atoms with Crippen molar-refractivity contribution < 1.29 is 49.2 Å². The molecule has 2 rings (SSSR count). The Hall–Kier alpha value is 0.410. The molecule has 0 aliphatic heterocycles. The summed E-state index contributed by atoms with van der Waals surface area (Å²) in [7, 11) is 0. The quantitative estimate of drug-likeness (QED) is 0.411. The smallest absolute Gasteiger partial charge is 1.00 e. The van der Waals surface area contributed by atoms with Gasteiger partial charge in [0.25, 0.3) is 0 Å². The number of allylic oxidation sites excluding steroid dienone is 1. The number of fused-ring (bicyclic) bond motifs is 1. The fourth-order valence-electron chi connectivity index (χ4n) is 1.58. The molecule has 0 heterocycles. The molecule has 1 aliphatic rings. The summed E-state index contributed by atoms with van der Waals surface area (Å²) in [5, 5.41) is 0. The molecular formula is C11H11Cl2Hf. The first-order chi connectivity index (χ1) is 5.68. The molecule has 0 saturated heterocycles. The molecule has 0 spiro atoms. The molecule has 0 nitrogen and oxygen atoms in total. The summed E-state index contributed by atoms with van der Waals surface area (Å²) >= 11 is 1.24. The van der Waals surface area contributed by atoms with Crippen LogP contribution in [-0.4, -0.2) is 0 Å². The summed E-state index contributed by atoms with van der Waals surface area (Å²) in [6.07, 6.45) is 4.59. The van der Waals surface area contributed by atoms with E-state index in [4.69, 9.17) is 0 Å². The third kappa shape index (κ3) is 2.50. The molecule has 73 valence electrons. The fourth-order valence-corrected chi connectivity index (χ4v) is 2.82. The van der Waals surface area contributed by atoms with Crippen molar-refractivity contribution in [2.24, 2.45) is 0 Å². The maximum Gasteiger partial charge on any atom is -1.00 e. The molecule has 0 saturated carbocycles. The van der Waals surface area contributed by atoms with E-state index >= 15 is 0 Å². The molecule has 1 aromatic carbocycles. The van der Waals surface area contributed by atoms with Crippen LogP contribution < -0.4 is 24.8 Å². The van der Waals surface area contributed by atoms with E-state index in [1.165, 1.54) is 41.1 Å². The van der Waals surface area contributed by atoms with Crippen molar-refractivity contribution in [1.82, 2.24) is 0 Å². The van der Waals surface area contributed by atoms with E-state index < -0.39 is 0 Å². The number of hydrogen-bond acceptors (Lipinski definition) is 0. The van der Waals surface area contributed by atoms with Crippen LogP contribution in [0.4, 0.5) is 0 Å². The van der Waals surface area contributed by atoms with E-state index in [0.717, 1.165) is 3.67 Å². The standard InChI is InChI=1S/C11H11.2ClH.Hf/c1-8-6-10-4-3-5-11(10)7-9(8)2;;;/h3-7H,1-2H3;2*1H;/q;;;+2/p-2. The fraction of sp³-hybridized carbons (Fsp3) is 0.273. The summed E-state index contributed by atoms with van der Waals surface area (Å²) in [5.41, 5.74) is 5.83. The summed E-state index contributed by atoms with van der Waals surface area (Å²) < 4.78 is 0.749. The average Bonchev–Trinajstić information content (AvgIpc) is 2.35. The largest absolute Gasteiger partial charge is 1.00 e. The van der Waals surface area contributed by atoms with E-state index in [1.807, 2.05) is 0 Å². The Labute approximate surface area is 113 Å². The molecule has 0 bridgehead atoms. The maximum absolute atomic E-state index is 2.35. The normalized spacial score (nSPS) is 17.0. The first-order valence-corrected chi connectivity index (χ1v) is 6.26. The Morgan fingerprint density at radius 1 is 1.07 bits per heavy atom. The van der Waals surface area contributed by atoms with Crippen LogP contribution in [0.2, 0.25) is 0 Å². The Balaban J connectivity index is 0.000000845. The Kier molecular flexibility index (Phi) is 5.64. The van der Waals surface area contributed by atoms with Crippen LogP contribution in [0.15, 0.2) is 18.2 Å². The zero-order valence-corrected chi connectivity index (χ0v) is 13.2. The minimum atomic E-state index is 0. The van der Waals surface area contributed by atoms with Crippen molar-refractivity contribution >= 4 is 6.08 Å². The molecule has 0 aromatic heterocycles. The predicted molar refractivity (Wildman–Crippen MR) is 47.7 cm³/mol. The van der Waals surface area contributed by atoms with Gasteiger partial charge in [-0.25, -0.2) is 0 Å². The molecular weight excluding hydrogens is 382 g/mol. The van der Waals surface area contributed by atoms with Gasteiger partial charge in [-0.2, -0.15) is 0 Å². The van der Waals surface area contributed by atoms with Crippen LogP contribution in [0.3, 0.4) is 0 Å². The molecule has 1 unspecified atom stereocenters. The van der Waals surface area contributed by atoms with Crippen molar-refractivity contribution in [2.75, 3.05) is 0 Å². The second-order valence-corrected chi connectivity index (χ2v) is 5.64. The molecule has 3 heteroatoms. The molecule has 1 aliphatic carbocycles. The zero-order valence-electron chi connectivity index (χ0n) is 8.14. The number of hydrogen-bond donors (Lipinski definition) is 0. The third-order valence-corrected chi connectivity index (χ3v) is 4.31. The van der Waals surface area contributed by atoms with E-state index in [1.54, 1.807) is 5.56 Å². The van der Waals surface area contributed by atoms with Crippen LogP contribution in [0.1, 0.15) is 25.9 Å². The van der Waals surface area contributed by atoms with Crippen LogP contribution >= 0.6 is 0 Å². The zero-order chi connectivity index (χ0) is 8.72. The Morgan fingerprint density at radius 2 is 1.64 bits per heavy atom. The molecule has 0 amide bonds. The van der Waals surface area contributed by atoms with Gasteiger partial charge < -0.3 is 24.8 Å². The number of halogens is 2. The molecule has 1 atom stereocenters.